The fraction of sp³-hybridized carbons (Fsp3) is 0.250. The van der Waals surface area contributed by atoms with Crippen LogP contribution >= 0.6 is 11.3 Å². The molecule has 3 rings (SSSR count). The second-order valence-corrected chi connectivity index (χ2v) is 6.14. The highest BCUT2D eigenvalue weighted by atomic mass is 32.1. The van der Waals surface area contributed by atoms with Crippen LogP contribution in [0.4, 0.5) is 0 Å². The van der Waals surface area contributed by atoms with Crippen molar-refractivity contribution >= 4 is 28.1 Å². The summed E-state index contributed by atoms with van der Waals surface area (Å²) < 4.78 is 0. The van der Waals surface area contributed by atoms with E-state index >= 15 is 0 Å². The van der Waals surface area contributed by atoms with Gasteiger partial charge in [-0.3, -0.25) is 4.79 Å². The van der Waals surface area contributed by atoms with E-state index in [4.69, 9.17) is 0 Å². The molecule has 2 aromatic heterocycles. The van der Waals surface area contributed by atoms with Crippen molar-refractivity contribution in [2.24, 2.45) is 0 Å². The number of amides is 1. The summed E-state index contributed by atoms with van der Waals surface area (Å²) in [6.07, 6.45) is 4.73. The van der Waals surface area contributed by atoms with Crippen LogP contribution in [0.2, 0.25) is 0 Å². The monoisotopic (exact) mass is 299 g/mol. The van der Waals surface area contributed by atoms with Gasteiger partial charge in [0.2, 0.25) is 0 Å². The first-order chi connectivity index (χ1) is 10.2. The minimum absolute atomic E-state index is 0.0766. The van der Waals surface area contributed by atoms with Crippen LogP contribution in [0.5, 0.6) is 0 Å². The van der Waals surface area contributed by atoms with Gasteiger partial charge in [0, 0.05) is 28.4 Å². The summed E-state index contributed by atoms with van der Waals surface area (Å²) in [5.74, 6) is -0.0766. The Bertz CT molecular complexity index is 775. The van der Waals surface area contributed by atoms with Crippen LogP contribution in [-0.2, 0) is 6.42 Å². The van der Waals surface area contributed by atoms with E-state index in [0.717, 1.165) is 22.3 Å². The van der Waals surface area contributed by atoms with Crippen molar-refractivity contribution < 1.29 is 4.79 Å². The number of carbonyl (C=O) groups excluding carboxylic acids is 1. The number of nitrogens with zero attached hydrogens (tertiary/aromatic N) is 1. The summed E-state index contributed by atoms with van der Waals surface area (Å²) in [5.41, 5.74) is 1.63. The average Bonchev–Trinajstić information content (AvgIpc) is 3.15. The summed E-state index contributed by atoms with van der Waals surface area (Å²) in [4.78, 5) is 21.1. The predicted molar refractivity (Wildman–Crippen MR) is 85.7 cm³/mol. The second kappa shape index (κ2) is 5.69. The molecule has 0 aliphatic rings. The SMILES string of the molecule is CCc1cnc(C(C)NC(=O)c2ccc3cc[nH]c3c2)s1. The molecule has 2 heterocycles. The highest BCUT2D eigenvalue weighted by Gasteiger charge is 2.14. The first-order valence-electron chi connectivity index (χ1n) is 7.00. The molecule has 0 saturated carbocycles. The zero-order chi connectivity index (χ0) is 14.8. The van der Waals surface area contributed by atoms with Crippen molar-refractivity contribution in [3.8, 4) is 0 Å². The lowest BCUT2D eigenvalue weighted by Gasteiger charge is -2.11. The lowest BCUT2D eigenvalue weighted by Crippen LogP contribution is -2.26. The van der Waals surface area contributed by atoms with Crippen LogP contribution < -0.4 is 5.32 Å². The molecule has 0 aliphatic heterocycles. The summed E-state index contributed by atoms with van der Waals surface area (Å²) in [6.45, 7) is 4.06. The minimum Gasteiger partial charge on any atom is -0.361 e. The zero-order valence-corrected chi connectivity index (χ0v) is 12.8. The van der Waals surface area contributed by atoms with Crippen molar-refractivity contribution in [1.29, 1.82) is 0 Å². The van der Waals surface area contributed by atoms with Gasteiger partial charge in [-0.25, -0.2) is 4.98 Å². The first-order valence-corrected chi connectivity index (χ1v) is 7.81. The van der Waals surface area contributed by atoms with E-state index in [1.165, 1.54) is 4.88 Å². The number of aromatic amines is 1. The van der Waals surface area contributed by atoms with Gasteiger partial charge in [-0.1, -0.05) is 13.0 Å². The van der Waals surface area contributed by atoms with Gasteiger partial charge in [0.05, 0.1) is 6.04 Å². The van der Waals surface area contributed by atoms with Crippen molar-refractivity contribution in [1.82, 2.24) is 15.3 Å². The van der Waals surface area contributed by atoms with Crippen molar-refractivity contribution in [2.45, 2.75) is 26.3 Å². The highest BCUT2D eigenvalue weighted by molar-refractivity contribution is 7.11. The van der Waals surface area contributed by atoms with E-state index in [9.17, 15) is 4.79 Å². The van der Waals surface area contributed by atoms with Gasteiger partial charge in [-0.15, -0.1) is 11.3 Å². The molecule has 0 aliphatic carbocycles. The number of aryl methyl sites for hydroxylation is 1. The van der Waals surface area contributed by atoms with E-state index < -0.39 is 0 Å². The zero-order valence-electron chi connectivity index (χ0n) is 12.0. The molecule has 1 atom stereocenters. The minimum atomic E-state index is -0.0814. The van der Waals surface area contributed by atoms with Crippen LogP contribution in [0, 0.1) is 0 Å². The molecule has 2 N–H and O–H groups in total. The Kier molecular flexibility index (Phi) is 3.75. The van der Waals surface area contributed by atoms with Crippen LogP contribution in [0.1, 0.15) is 40.1 Å². The molecule has 3 aromatic rings. The topological polar surface area (TPSA) is 57.8 Å². The van der Waals surface area contributed by atoms with Crippen LogP contribution in [0.25, 0.3) is 10.9 Å². The number of thiazole rings is 1. The van der Waals surface area contributed by atoms with Crippen LogP contribution in [0.3, 0.4) is 0 Å². The molecule has 4 nitrogen and oxygen atoms in total. The summed E-state index contributed by atoms with van der Waals surface area (Å²) >= 11 is 1.65. The Morgan fingerprint density at radius 1 is 1.43 bits per heavy atom. The molecule has 0 radical (unpaired) electrons. The summed E-state index contributed by atoms with van der Waals surface area (Å²) in [7, 11) is 0. The van der Waals surface area contributed by atoms with Crippen molar-refractivity contribution in [2.75, 3.05) is 0 Å². The van der Waals surface area contributed by atoms with Crippen molar-refractivity contribution in [3.05, 3.63) is 52.1 Å². The summed E-state index contributed by atoms with van der Waals surface area (Å²) in [6, 6.07) is 7.57. The molecule has 1 amide bonds. The maximum absolute atomic E-state index is 12.3. The van der Waals surface area contributed by atoms with E-state index in [-0.39, 0.29) is 11.9 Å². The Morgan fingerprint density at radius 3 is 3.05 bits per heavy atom. The van der Waals surface area contributed by atoms with E-state index in [2.05, 4.69) is 22.2 Å². The molecule has 1 aromatic carbocycles. The molecule has 0 fully saturated rings. The average molecular weight is 299 g/mol. The molecule has 1 unspecified atom stereocenters. The number of benzene rings is 1. The number of aromatic nitrogens is 2. The number of carbonyl (C=O) groups is 1. The Labute approximate surface area is 127 Å². The lowest BCUT2D eigenvalue weighted by molar-refractivity contribution is 0.0940. The summed E-state index contributed by atoms with van der Waals surface area (Å²) in [5, 5.41) is 5.05. The highest BCUT2D eigenvalue weighted by Crippen LogP contribution is 2.21. The number of H-pyrrole nitrogens is 1. The molecular formula is C16H17N3OS. The molecular weight excluding hydrogens is 282 g/mol. The van der Waals surface area contributed by atoms with Gasteiger partial charge < -0.3 is 10.3 Å². The third kappa shape index (κ3) is 2.83. The van der Waals surface area contributed by atoms with E-state index in [1.807, 2.05) is 43.6 Å². The fourth-order valence-corrected chi connectivity index (χ4v) is 3.08. The largest absolute Gasteiger partial charge is 0.361 e. The lowest BCUT2D eigenvalue weighted by atomic mass is 10.1. The van der Waals surface area contributed by atoms with Gasteiger partial charge >= 0.3 is 0 Å². The van der Waals surface area contributed by atoms with Gasteiger partial charge in [0.25, 0.3) is 5.91 Å². The van der Waals surface area contributed by atoms with Gasteiger partial charge in [0.1, 0.15) is 5.01 Å². The van der Waals surface area contributed by atoms with E-state index in [0.29, 0.717) is 5.56 Å². The van der Waals surface area contributed by atoms with Crippen LogP contribution in [-0.4, -0.2) is 15.9 Å². The number of hydrogen-bond acceptors (Lipinski definition) is 3. The Balaban J connectivity index is 1.75. The quantitative estimate of drug-likeness (QED) is 0.772. The van der Waals surface area contributed by atoms with Gasteiger partial charge in [-0.2, -0.15) is 0 Å². The van der Waals surface area contributed by atoms with Crippen LogP contribution in [0.15, 0.2) is 36.7 Å². The smallest absolute Gasteiger partial charge is 0.251 e. The number of fused-ring (bicyclic) bond motifs is 1. The predicted octanol–water partition coefficient (Wildman–Crippen LogP) is 3.68. The molecule has 0 saturated heterocycles. The maximum atomic E-state index is 12.3. The van der Waals surface area contributed by atoms with E-state index in [1.54, 1.807) is 11.3 Å². The molecule has 5 heteroatoms. The molecule has 21 heavy (non-hydrogen) atoms. The number of nitrogens with one attached hydrogen (secondary N) is 2. The van der Waals surface area contributed by atoms with Crippen molar-refractivity contribution in [3.63, 3.8) is 0 Å². The Hall–Kier alpha value is -2.14. The Morgan fingerprint density at radius 2 is 2.29 bits per heavy atom. The molecule has 0 spiro atoms. The maximum Gasteiger partial charge on any atom is 0.251 e. The third-order valence-corrected chi connectivity index (χ3v) is 4.78. The number of hydrogen-bond donors (Lipinski definition) is 2. The fourth-order valence-electron chi connectivity index (χ4n) is 2.22. The number of rotatable bonds is 4. The third-order valence-electron chi connectivity index (χ3n) is 3.46. The van der Waals surface area contributed by atoms with Gasteiger partial charge in [0.15, 0.2) is 0 Å². The first kappa shape index (κ1) is 13.8. The normalized spacial score (nSPS) is 12.5. The van der Waals surface area contributed by atoms with Gasteiger partial charge in [-0.05, 0) is 36.9 Å². The molecule has 0 bridgehead atoms. The second-order valence-electron chi connectivity index (χ2n) is 4.99. The molecule has 108 valence electrons. The standard InChI is InChI=1S/C16H17N3OS/c1-3-13-9-18-16(21-13)10(2)19-15(20)12-5-4-11-6-7-17-14(11)8-12/h4-10,17H,3H2,1-2H3,(H,19,20).